The molecule has 3 N–H and O–H groups in total. The van der Waals surface area contributed by atoms with Gasteiger partial charge in [-0.15, -0.1) is 0 Å². The molecule has 0 radical (unpaired) electrons. The van der Waals surface area contributed by atoms with E-state index in [1.54, 1.807) is 24.3 Å². The zero-order chi connectivity index (χ0) is 27.3. The number of aryl methyl sites for hydroxylation is 2. The lowest BCUT2D eigenvalue weighted by Crippen LogP contribution is -2.23. The van der Waals surface area contributed by atoms with Gasteiger partial charge in [0.25, 0.3) is 0 Å². The summed E-state index contributed by atoms with van der Waals surface area (Å²) in [4.78, 5) is 43.4. The molecule has 8 nitrogen and oxygen atoms in total. The molecule has 2 amide bonds. The van der Waals surface area contributed by atoms with Crippen molar-refractivity contribution >= 4 is 46.4 Å². The summed E-state index contributed by atoms with van der Waals surface area (Å²) >= 11 is 6.46. The Balaban J connectivity index is 1.80. The molecule has 3 rings (SSSR count). The predicted octanol–water partition coefficient (Wildman–Crippen LogP) is 6.41. The molecular formula is C28H31ClN4O4. The lowest BCUT2D eigenvalue weighted by atomic mass is 9.99. The fraction of sp³-hybridized carbons (Fsp3) is 0.286. The molecule has 0 atom stereocenters. The van der Waals surface area contributed by atoms with Crippen LogP contribution in [0.1, 0.15) is 42.0 Å². The maximum absolute atomic E-state index is 12.9. The molecule has 3 aromatic rings. The number of aromatic nitrogens is 1. The molecule has 1 heterocycles. The maximum atomic E-state index is 12.9. The summed E-state index contributed by atoms with van der Waals surface area (Å²) in [6.45, 7) is 8.63. The molecule has 9 heteroatoms. The van der Waals surface area contributed by atoms with Gasteiger partial charge in [0.2, 0.25) is 5.91 Å². The third-order valence-corrected chi connectivity index (χ3v) is 5.88. The fourth-order valence-electron chi connectivity index (χ4n) is 4.14. The number of hydrogen-bond donors (Lipinski definition) is 3. The summed E-state index contributed by atoms with van der Waals surface area (Å²) in [6.07, 6.45) is -1.71. The minimum absolute atomic E-state index is 0.161. The van der Waals surface area contributed by atoms with Crippen molar-refractivity contribution in [3.05, 3.63) is 70.5 Å². The molecule has 2 aromatic carbocycles. The number of carbonyl (C=O) groups is 3. The largest absolute Gasteiger partial charge is 0.465 e. The third kappa shape index (κ3) is 7.54. The molecular weight excluding hydrogens is 492 g/mol. The van der Waals surface area contributed by atoms with Gasteiger partial charge < -0.3 is 15.3 Å². The Kier molecular flexibility index (Phi) is 8.89. The number of pyridine rings is 1. The Bertz CT molecular complexity index is 1320. The van der Waals surface area contributed by atoms with Crippen LogP contribution in [0.25, 0.3) is 11.1 Å². The van der Waals surface area contributed by atoms with Crippen LogP contribution in [-0.4, -0.2) is 41.5 Å². The average Bonchev–Trinajstić information content (AvgIpc) is 2.79. The zero-order valence-corrected chi connectivity index (χ0v) is 22.3. The predicted molar refractivity (Wildman–Crippen MR) is 148 cm³/mol. The summed E-state index contributed by atoms with van der Waals surface area (Å²) in [7, 11) is 1.85. The van der Waals surface area contributed by atoms with Gasteiger partial charge >= 0.3 is 6.09 Å². The van der Waals surface area contributed by atoms with E-state index in [-0.39, 0.29) is 17.2 Å². The Morgan fingerprint density at radius 1 is 0.973 bits per heavy atom. The summed E-state index contributed by atoms with van der Waals surface area (Å²) < 4.78 is 0. The first-order valence-electron chi connectivity index (χ1n) is 11.9. The van der Waals surface area contributed by atoms with Crippen LogP contribution in [-0.2, 0) is 4.79 Å². The quantitative estimate of drug-likeness (QED) is 0.221. The number of carboxylic acid groups (broad SMARTS) is 1. The number of carbonyl (C=O) groups excluding carboxylic acids is 2. The lowest BCUT2D eigenvalue weighted by Gasteiger charge is -2.24. The number of nitrogens with zero attached hydrogens (tertiary/aromatic N) is 2. The van der Waals surface area contributed by atoms with Crippen LogP contribution in [0.2, 0.25) is 5.02 Å². The van der Waals surface area contributed by atoms with Crippen molar-refractivity contribution in [2.75, 3.05) is 29.1 Å². The Morgan fingerprint density at radius 3 is 2.24 bits per heavy atom. The van der Waals surface area contributed by atoms with Crippen molar-refractivity contribution in [2.24, 2.45) is 5.92 Å². The second kappa shape index (κ2) is 11.9. The van der Waals surface area contributed by atoms with E-state index in [4.69, 9.17) is 11.6 Å². The molecule has 0 aliphatic rings. The highest BCUT2D eigenvalue weighted by Crippen LogP contribution is 2.35. The van der Waals surface area contributed by atoms with Gasteiger partial charge in [-0.25, -0.2) is 4.79 Å². The standard InChI is InChI=1S/C28H31ClN4O4/c1-16(2)15-33(5)25-13-24(32-28(36)37)23(12-22(25)29)31-27(35)14-26(34)20-8-6-7-19(11-20)21-9-17(3)30-18(4)10-21/h6-13,16,32H,14-15H2,1-5H3,(H,31,35)(H,36,37). The third-order valence-electron chi connectivity index (χ3n) is 5.57. The highest BCUT2D eigenvalue weighted by molar-refractivity contribution is 6.34. The zero-order valence-electron chi connectivity index (χ0n) is 21.6. The SMILES string of the molecule is Cc1cc(-c2cccc(C(=O)CC(=O)Nc3cc(Cl)c(N(C)CC(C)C)cc3NC(=O)O)c2)cc(C)n1. The summed E-state index contributed by atoms with van der Waals surface area (Å²) in [5, 5.41) is 14.6. The number of Topliss-reactive ketones (excluding diaryl/α,β-unsaturated/α-hetero) is 1. The number of hydrogen-bond acceptors (Lipinski definition) is 5. The number of rotatable bonds is 9. The molecule has 0 aliphatic carbocycles. The fourth-order valence-corrected chi connectivity index (χ4v) is 4.45. The van der Waals surface area contributed by atoms with Crippen LogP contribution in [0, 0.1) is 19.8 Å². The first-order chi connectivity index (χ1) is 17.4. The van der Waals surface area contributed by atoms with E-state index >= 15 is 0 Å². The van der Waals surface area contributed by atoms with E-state index in [0.29, 0.717) is 28.7 Å². The van der Waals surface area contributed by atoms with Crippen LogP contribution in [0.5, 0.6) is 0 Å². The van der Waals surface area contributed by atoms with Crippen molar-refractivity contribution in [1.82, 2.24) is 4.98 Å². The number of halogens is 1. The van der Waals surface area contributed by atoms with Crippen molar-refractivity contribution in [1.29, 1.82) is 0 Å². The first-order valence-corrected chi connectivity index (χ1v) is 12.2. The van der Waals surface area contributed by atoms with E-state index < -0.39 is 18.4 Å². The maximum Gasteiger partial charge on any atom is 0.409 e. The summed E-state index contributed by atoms with van der Waals surface area (Å²) in [5.74, 6) is -0.597. The second-order valence-electron chi connectivity index (χ2n) is 9.42. The molecule has 0 bridgehead atoms. The minimum atomic E-state index is -1.29. The lowest BCUT2D eigenvalue weighted by molar-refractivity contribution is -0.115. The summed E-state index contributed by atoms with van der Waals surface area (Å²) in [5.41, 5.74) is 4.87. The van der Waals surface area contributed by atoms with Gasteiger partial charge in [0.05, 0.1) is 28.5 Å². The van der Waals surface area contributed by atoms with Gasteiger partial charge in [0.15, 0.2) is 5.78 Å². The minimum Gasteiger partial charge on any atom is -0.465 e. The van der Waals surface area contributed by atoms with Crippen molar-refractivity contribution in [3.63, 3.8) is 0 Å². The number of benzene rings is 2. The van der Waals surface area contributed by atoms with Crippen molar-refractivity contribution in [2.45, 2.75) is 34.1 Å². The molecule has 0 spiro atoms. The molecule has 194 valence electrons. The van der Waals surface area contributed by atoms with Gasteiger partial charge in [0, 0.05) is 30.5 Å². The van der Waals surface area contributed by atoms with E-state index in [1.165, 1.54) is 6.07 Å². The highest BCUT2D eigenvalue weighted by atomic mass is 35.5. The molecule has 0 aliphatic heterocycles. The van der Waals surface area contributed by atoms with Gasteiger partial charge in [0.1, 0.15) is 0 Å². The van der Waals surface area contributed by atoms with Gasteiger partial charge in [-0.05, 0) is 61.2 Å². The Hall–Kier alpha value is -3.91. The number of amides is 2. The monoisotopic (exact) mass is 522 g/mol. The van der Waals surface area contributed by atoms with E-state index in [1.807, 2.05) is 44.0 Å². The van der Waals surface area contributed by atoms with Crippen molar-refractivity contribution in [3.8, 4) is 11.1 Å². The normalized spacial score (nSPS) is 10.8. The van der Waals surface area contributed by atoms with Crippen LogP contribution in [0.15, 0.2) is 48.5 Å². The van der Waals surface area contributed by atoms with Crippen LogP contribution < -0.4 is 15.5 Å². The van der Waals surface area contributed by atoms with E-state index in [2.05, 4.69) is 29.5 Å². The Labute approximate surface area is 221 Å². The molecule has 0 fully saturated rings. The van der Waals surface area contributed by atoms with Crippen LogP contribution in [0.3, 0.4) is 0 Å². The van der Waals surface area contributed by atoms with Crippen LogP contribution >= 0.6 is 11.6 Å². The van der Waals surface area contributed by atoms with Crippen LogP contribution in [0.4, 0.5) is 21.9 Å². The number of nitrogens with one attached hydrogen (secondary N) is 2. The highest BCUT2D eigenvalue weighted by Gasteiger charge is 2.18. The topological polar surface area (TPSA) is 112 Å². The van der Waals surface area contributed by atoms with Crippen molar-refractivity contribution < 1.29 is 19.5 Å². The smallest absolute Gasteiger partial charge is 0.409 e. The van der Waals surface area contributed by atoms with Gasteiger partial charge in [-0.2, -0.15) is 0 Å². The molecule has 0 saturated carbocycles. The van der Waals surface area contributed by atoms with Gasteiger partial charge in [-0.1, -0.05) is 43.6 Å². The first kappa shape index (κ1) is 27.7. The molecule has 37 heavy (non-hydrogen) atoms. The molecule has 1 aromatic heterocycles. The second-order valence-corrected chi connectivity index (χ2v) is 9.83. The number of anilines is 3. The molecule has 0 saturated heterocycles. The van der Waals surface area contributed by atoms with E-state index in [9.17, 15) is 19.5 Å². The molecule has 0 unspecified atom stereocenters. The summed E-state index contributed by atoms with van der Waals surface area (Å²) in [6, 6.07) is 14.0. The van der Waals surface area contributed by atoms with E-state index in [0.717, 1.165) is 22.5 Å². The van der Waals surface area contributed by atoms with Gasteiger partial charge in [-0.3, -0.25) is 19.9 Å². The number of ketones is 1. The average molecular weight is 523 g/mol. The Morgan fingerprint density at radius 2 is 1.62 bits per heavy atom.